The molecule has 86 valence electrons. The number of rotatable bonds is 3. The van der Waals surface area contributed by atoms with Gasteiger partial charge in [-0.15, -0.1) is 11.3 Å². The highest BCUT2D eigenvalue weighted by Crippen LogP contribution is 2.25. The van der Waals surface area contributed by atoms with Gasteiger partial charge < -0.3 is 0 Å². The Bertz CT molecular complexity index is 526. The van der Waals surface area contributed by atoms with Crippen LogP contribution in [-0.2, 0) is 0 Å². The predicted molar refractivity (Wildman–Crippen MR) is 68.5 cm³/mol. The lowest BCUT2D eigenvalue weighted by Crippen LogP contribution is -2.08. The molecule has 2 aromatic heterocycles. The number of hydrogen-bond acceptors (Lipinski definition) is 4. The Hall–Kier alpha value is -1.73. The molecule has 17 heavy (non-hydrogen) atoms. The van der Waals surface area contributed by atoms with Crippen molar-refractivity contribution in [1.82, 2.24) is 9.97 Å². The van der Waals surface area contributed by atoms with Crippen LogP contribution in [0.3, 0.4) is 0 Å². The highest BCUT2D eigenvalue weighted by atomic mass is 32.1. The summed E-state index contributed by atoms with van der Waals surface area (Å²) in [5.74, 6) is 0.599. The van der Waals surface area contributed by atoms with Crippen LogP contribution in [0.2, 0.25) is 0 Å². The van der Waals surface area contributed by atoms with Gasteiger partial charge in [-0.3, -0.25) is 0 Å². The Labute approximate surface area is 105 Å². The van der Waals surface area contributed by atoms with Crippen molar-refractivity contribution in [3.05, 3.63) is 35.6 Å². The SMILES string of the molecule is CC(C)C(C#N)c1nccc(-c2cccs2)n1. The normalized spacial score (nSPS) is 12.4. The first-order chi connectivity index (χ1) is 8.22. The van der Waals surface area contributed by atoms with E-state index in [4.69, 9.17) is 5.26 Å². The van der Waals surface area contributed by atoms with E-state index in [1.807, 2.05) is 37.4 Å². The molecule has 0 spiro atoms. The average molecular weight is 243 g/mol. The lowest BCUT2D eigenvalue weighted by Gasteiger charge is -2.11. The van der Waals surface area contributed by atoms with E-state index in [0.717, 1.165) is 10.6 Å². The summed E-state index contributed by atoms with van der Waals surface area (Å²) in [6.07, 6.45) is 1.73. The lowest BCUT2D eigenvalue weighted by atomic mass is 9.96. The third-order valence-corrected chi connectivity index (χ3v) is 3.42. The molecule has 1 unspecified atom stereocenters. The van der Waals surface area contributed by atoms with Crippen molar-refractivity contribution in [3.63, 3.8) is 0 Å². The van der Waals surface area contributed by atoms with E-state index < -0.39 is 0 Å². The lowest BCUT2D eigenvalue weighted by molar-refractivity contribution is 0.562. The highest BCUT2D eigenvalue weighted by molar-refractivity contribution is 7.13. The van der Waals surface area contributed by atoms with Crippen molar-refractivity contribution in [1.29, 1.82) is 5.26 Å². The van der Waals surface area contributed by atoms with Crippen molar-refractivity contribution >= 4 is 11.3 Å². The van der Waals surface area contributed by atoms with Gasteiger partial charge in [0.1, 0.15) is 11.7 Å². The molecule has 0 N–H and O–H groups in total. The van der Waals surface area contributed by atoms with Crippen LogP contribution in [0.4, 0.5) is 0 Å². The van der Waals surface area contributed by atoms with E-state index in [0.29, 0.717) is 5.82 Å². The quantitative estimate of drug-likeness (QED) is 0.829. The molecule has 0 aromatic carbocycles. The number of thiophene rings is 1. The molecule has 0 aliphatic heterocycles. The molecule has 0 saturated carbocycles. The Kier molecular flexibility index (Phi) is 3.50. The van der Waals surface area contributed by atoms with Crippen molar-refractivity contribution < 1.29 is 0 Å². The zero-order chi connectivity index (χ0) is 12.3. The van der Waals surface area contributed by atoms with Crippen LogP contribution in [0.1, 0.15) is 25.6 Å². The fraction of sp³-hybridized carbons (Fsp3) is 0.308. The van der Waals surface area contributed by atoms with Gasteiger partial charge >= 0.3 is 0 Å². The maximum Gasteiger partial charge on any atom is 0.146 e. The first kappa shape index (κ1) is 11.7. The van der Waals surface area contributed by atoms with Crippen molar-refractivity contribution in [2.75, 3.05) is 0 Å². The van der Waals surface area contributed by atoms with Crippen LogP contribution in [0.5, 0.6) is 0 Å². The van der Waals surface area contributed by atoms with E-state index in [-0.39, 0.29) is 11.8 Å². The second-order valence-corrected chi connectivity index (χ2v) is 5.08. The summed E-state index contributed by atoms with van der Waals surface area (Å²) < 4.78 is 0. The van der Waals surface area contributed by atoms with E-state index in [1.165, 1.54) is 0 Å². The van der Waals surface area contributed by atoms with Gasteiger partial charge in [0.15, 0.2) is 0 Å². The number of nitriles is 1. The van der Waals surface area contributed by atoms with Crippen molar-refractivity contribution in [2.24, 2.45) is 5.92 Å². The molecule has 0 amide bonds. The van der Waals surface area contributed by atoms with E-state index in [9.17, 15) is 0 Å². The number of nitrogens with zero attached hydrogens (tertiary/aromatic N) is 3. The van der Waals surface area contributed by atoms with Gasteiger partial charge in [0.05, 0.1) is 16.6 Å². The molecule has 4 heteroatoms. The predicted octanol–water partition coefficient (Wildman–Crippen LogP) is 3.47. The molecule has 1 atom stereocenters. The summed E-state index contributed by atoms with van der Waals surface area (Å²) in [7, 11) is 0. The van der Waals surface area contributed by atoms with Crippen LogP contribution in [0.25, 0.3) is 10.6 Å². The first-order valence-electron chi connectivity index (χ1n) is 5.49. The molecule has 0 aliphatic rings. The fourth-order valence-corrected chi connectivity index (χ4v) is 2.29. The minimum absolute atomic E-state index is 0.221. The third kappa shape index (κ3) is 2.51. The topological polar surface area (TPSA) is 49.6 Å². The van der Waals surface area contributed by atoms with Crippen LogP contribution in [-0.4, -0.2) is 9.97 Å². The summed E-state index contributed by atoms with van der Waals surface area (Å²) in [5, 5.41) is 11.2. The molecule has 2 aromatic rings. The summed E-state index contributed by atoms with van der Waals surface area (Å²) in [5.41, 5.74) is 0.894. The molecule has 2 heterocycles. The second kappa shape index (κ2) is 5.07. The van der Waals surface area contributed by atoms with Gasteiger partial charge in [-0.1, -0.05) is 19.9 Å². The Morgan fingerprint density at radius 3 is 2.76 bits per heavy atom. The standard InChI is InChI=1S/C13H13N3S/c1-9(2)10(8-14)13-15-6-5-11(16-13)12-4-3-7-17-12/h3-7,9-10H,1-2H3. The van der Waals surface area contributed by atoms with Crippen molar-refractivity contribution in [2.45, 2.75) is 19.8 Å². The van der Waals surface area contributed by atoms with Crippen LogP contribution in [0.15, 0.2) is 29.8 Å². The molecule has 0 radical (unpaired) electrons. The summed E-state index contributed by atoms with van der Waals surface area (Å²) in [4.78, 5) is 9.80. The molecule has 3 nitrogen and oxygen atoms in total. The maximum absolute atomic E-state index is 9.14. The molecular formula is C13H13N3S. The van der Waals surface area contributed by atoms with Crippen LogP contribution in [0, 0.1) is 17.2 Å². The van der Waals surface area contributed by atoms with Gasteiger partial charge in [0, 0.05) is 6.20 Å². The average Bonchev–Trinajstić information content (AvgIpc) is 2.83. The Morgan fingerprint density at radius 2 is 2.18 bits per heavy atom. The summed E-state index contributed by atoms with van der Waals surface area (Å²) in [6.45, 7) is 4.02. The minimum Gasteiger partial charge on any atom is -0.240 e. The van der Waals surface area contributed by atoms with Crippen molar-refractivity contribution in [3.8, 4) is 16.6 Å². The molecular weight excluding hydrogens is 230 g/mol. The highest BCUT2D eigenvalue weighted by Gasteiger charge is 2.18. The second-order valence-electron chi connectivity index (χ2n) is 4.13. The third-order valence-electron chi connectivity index (χ3n) is 2.53. The number of aromatic nitrogens is 2. The molecule has 0 fully saturated rings. The molecule has 2 rings (SSSR count). The fourth-order valence-electron chi connectivity index (χ4n) is 1.59. The van der Waals surface area contributed by atoms with Crippen LogP contribution < -0.4 is 0 Å². The molecule has 0 bridgehead atoms. The largest absolute Gasteiger partial charge is 0.240 e. The maximum atomic E-state index is 9.14. The number of hydrogen-bond donors (Lipinski definition) is 0. The molecule has 0 saturated heterocycles. The van der Waals surface area contributed by atoms with Gasteiger partial charge in [0.2, 0.25) is 0 Å². The minimum atomic E-state index is -0.241. The van der Waals surface area contributed by atoms with Gasteiger partial charge in [-0.05, 0) is 23.4 Å². The Balaban J connectivity index is 2.38. The van der Waals surface area contributed by atoms with Gasteiger partial charge in [-0.2, -0.15) is 5.26 Å². The van der Waals surface area contributed by atoms with Crippen LogP contribution >= 0.6 is 11.3 Å². The Morgan fingerprint density at radius 1 is 1.35 bits per heavy atom. The van der Waals surface area contributed by atoms with Gasteiger partial charge in [0.25, 0.3) is 0 Å². The van der Waals surface area contributed by atoms with E-state index >= 15 is 0 Å². The monoisotopic (exact) mass is 243 g/mol. The first-order valence-corrected chi connectivity index (χ1v) is 6.36. The van der Waals surface area contributed by atoms with Gasteiger partial charge in [-0.25, -0.2) is 9.97 Å². The van der Waals surface area contributed by atoms with E-state index in [2.05, 4.69) is 16.0 Å². The summed E-state index contributed by atoms with van der Waals surface area (Å²) in [6, 6.07) is 8.16. The zero-order valence-corrected chi connectivity index (χ0v) is 10.6. The summed E-state index contributed by atoms with van der Waals surface area (Å²) >= 11 is 1.64. The zero-order valence-electron chi connectivity index (χ0n) is 9.79. The van der Waals surface area contributed by atoms with E-state index in [1.54, 1.807) is 17.5 Å². The smallest absolute Gasteiger partial charge is 0.146 e. The molecule has 0 aliphatic carbocycles.